The molecular formula is C14H24N2O2. The second-order valence-electron chi connectivity index (χ2n) is 6.03. The number of hydrogen-bond acceptors (Lipinski definition) is 3. The fourth-order valence-electron chi connectivity index (χ4n) is 3.13. The summed E-state index contributed by atoms with van der Waals surface area (Å²) in [5.74, 6) is -0.0454. The predicted molar refractivity (Wildman–Crippen MR) is 70.0 cm³/mol. The molecule has 1 N–H and O–H groups in total. The van der Waals surface area contributed by atoms with Crippen LogP contribution in [0.1, 0.15) is 59.3 Å². The van der Waals surface area contributed by atoms with E-state index in [4.69, 9.17) is 0 Å². The number of carbonyl (C=O) groups excluding carboxylic acids is 2. The summed E-state index contributed by atoms with van der Waals surface area (Å²) in [4.78, 5) is 25.7. The van der Waals surface area contributed by atoms with Crippen molar-refractivity contribution in [3.63, 3.8) is 0 Å². The number of carbonyl (C=O) groups is 2. The molecule has 0 aromatic heterocycles. The molecule has 0 bridgehead atoms. The van der Waals surface area contributed by atoms with Gasteiger partial charge in [-0.3, -0.25) is 14.5 Å². The lowest BCUT2D eigenvalue weighted by Crippen LogP contribution is -2.50. The number of likely N-dealkylation sites (tertiary alicyclic amines) is 1. The Bertz CT molecular complexity index is 348. The van der Waals surface area contributed by atoms with Crippen LogP contribution in [0.25, 0.3) is 0 Å². The highest BCUT2D eigenvalue weighted by molar-refractivity contribution is 6.05. The van der Waals surface area contributed by atoms with Gasteiger partial charge in [0.1, 0.15) is 0 Å². The van der Waals surface area contributed by atoms with Gasteiger partial charge in [0.15, 0.2) is 0 Å². The van der Waals surface area contributed by atoms with Gasteiger partial charge in [-0.1, -0.05) is 19.8 Å². The van der Waals surface area contributed by atoms with Crippen molar-refractivity contribution >= 4 is 11.8 Å². The van der Waals surface area contributed by atoms with Crippen molar-refractivity contribution in [3.05, 3.63) is 0 Å². The van der Waals surface area contributed by atoms with Crippen molar-refractivity contribution in [2.45, 2.75) is 76.9 Å². The van der Waals surface area contributed by atoms with E-state index in [2.05, 4.69) is 12.2 Å². The van der Waals surface area contributed by atoms with Crippen LogP contribution in [-0.4, -0.2) is 34.3 Å². The van der Waals surface area contributed by atoms with Gasteiger partial charge >= 0.3 is 0 Å². The third-order valence-electron chi connectivity index (χ3n) is 4.44. The number of imide groups is 1. The van der Waals surface area contributed by atoms with Gasteiger partial charge in [-0.05, 0) is 33.1 Å². The highest BCUT2D eigenvalue weighted by Gasteiger charge is 2.43. The molecule has 2 aliphatic rings. The zero-order valence-electron chi connectivity index (χ0n) is 11.7. The van der Waals surface area contributed by atoms with Crippen molar-refractivity contribution in [1.29, 1.82) is 0 Å². The van der Waals surface area contributed by atoms with Crippen LogP contribution >= 0.6 is 0 Å². The maximum Gasteiger partial charge on any atom is 0.247 e. The molecular weight excluding hydrogens is 228 g/mol. The van der Waals surface area contributed by atoms with E-state index in [1.807, 2.05) is 13.8 Å². The Morgan fingerprint density at radius 2 is 2.00 bits per heavy atom. The first-order chi connectivity index (χ1) is 8.47. The van der Waals surface area contributed by atoms with Gasteiger partial charge < -0.3 is 5.32 Å². The van der Waals surface area contributed by atoms with Gasteiger partial charge in [-0.25, -0.2) is 0 Å². The summed E-state index contributed by atoms with van der Waals surface area (Å²) < 4.78 is 0. The Kier molecular flexibility index (Phi) is 3.76. The monoisotopic (exact) mass is 252 g/mol. The van der Waals surface area contributed by atoms with Crippen molar-refractivity contribution < 1.29 is 9.59 Å². The number of nitrogens with zero attached hydrogens (tertiary/aromatic N) is 1. The van der Waals surface area contributed by atoms with Crippen LogP contribution in [-0.2, 0) is 9.59 Å². The standard InChI is InChI=1S/C14H24N2O2/c1-4-10(2)16-12(17)9-11(13(16)18)15-14(3)7-5-6-8-14/h10-11,15H,4-9H2,1-3H3. The Morgan fingerprint density at radius 1 is 1.39 bits per heavy atom. The molecule has 1 saturated heterocycles. The number of amides is 2. The quantitative estimate of drug-likeness (QED) is 0.777. The topological polar surface area (TPSA) is 49.4 Å². The summed E-state index contributed by atoms with van der Waals surface area (Å²) in [5, 5.41) is 3.43. The number of rotatable bonds is 4. The number of nitrogens with one attached hydrogen (secondary N) is 1. The molecule has 2 rings (SSSR count). The molecule has 0 aromatic carbocycles. The summed E-state index contributed by atoms with van der Waals surface area (Å²) >= 11 is 0. The molecule has 2 amide bonds. The zero-order valence-corrected chi connectivity index (χ0v) is 11.7. The number of hydrogen-bond donors (Lipinski definition) is 1. The minimum absolute atomic E-state index is 0.0200. The SMILES string of the molecule is CCC(C)N1C(=O)CC(NC2(C)CCCC2)C1=O. The van der Waals surface area contributed by atoms with E-state index in [-0.39, 0.29) is 29.4 Å². The van der Waals surface area contributed by atoms with Gasteiger partial charge in [-0.2, -0.15) is 0 Å². The normalized spacial score (nSPS) is 29.1. The van der Waals surface area contributed by atoms with Gasteiger partial charge in [0.25, 0.3) is 0 Å². The highest BCUT2D eigenvalue weighted by atomic mass is 16.2. The zero-order chi connectivity index (χ0) is 13.3. The summed E-state index contributed by atoms with van der Waals surface area (Å²) in [7, 11) is 0. The lowest BCUT2D eigenvalue weighted by molar-refractivity contribution is -0.141. The third-order valence-corrected chi connectivity index (χ3v) is 4.44. The second kappa shape index (κ2) is 5.00. The van der Waals surface area contributed by atoms with Crippen molar-refractivity contribution in [1.82, 2.24) is 10.2 Å². The van der Waals surface area contributed by atoms with E-state index < -0.39 is 0 Å². The lowest BCUT2D eigenvalue weighted by atomic mass is 9.99. The lowest BCUT2D eigenvalue weighted by Gasteiger charge is -2.29. The Balaban J connectivity index is 2.03. The van der Waals surface area contributed by atoms with Gasteiger partial charge in [0.2, 0.25) is 11.8 Å². The molecule has 2 atom stereocenters. The molecule has 102 valence electrons. The van der Waals surface area contributed by atoms with E-state index in [1.54, 1.807) is 0 Å². The van der Waals surface area contributed by atoms with Crippen molar-refractivity contribution in [3.8, 4) is 0 Å². The molecule has 0 radical (unpaired) electrons. The molecule has 4 nitrogen and oxygen atoms in total. The fourth-order valence-corrected chi connectivity index (χ4v) is 3.13. The summed E-state index contributed by atoms with van der Waals surface area (Å²) in [6.45, 7) is 6.11. The Labute approximate surface area is 109 Å². The first-order valence-electron chi connectivity index (χ1n) is 7.10. The van der Waals surface area contributed by atoms with E-state index in [9.17, 15) is 9.59 Å². The van der Waals surface area contributed by atoms with E-state index >= 15 is 0 Å². The molecule has 0 spiro atoms. The summed E-state index contributed by atoms with van der Waals surface area (Å²) in [5.41, 5.74) is 0.0477. The summed E-state index contributed by atoms with van der Waals surface area (Å²) in [6.07, 6.45) is 5.80. The van der Waals surface area contributed by atoms with Crippen LogP contribution in [0.4, 0.5) is 0 Å². The van der Waals surface area contributed by atoms with Gasteiger partial charge in [-0.15, -0.1) is 0 Å². The van der Waals surface area contributed by atoms with Crippen LogP contribution in [0.2, 0.25) is 0 Å². The minimum Gasteiger partial charge on any atom is -0.300 e. The van der Waals surface area contributed by atoms with Gasteiger partial charge in [0, 0.05) is 11.6 Å². The largest absolute Gasteiger partial charge is 0.300 e. The molecule has 18 heavy (non-hydrogen) atoms. The Morgan fingerprint density at radius 3 is 2.56 bits per heavy atom. The minimum atomic E-state index is -0.297. The summed E-state index contributed by atoms with van der Waals surface area (Å²) in [6, 6.07) is -0.275. The molecule has 1 saturated carbocycles. The molecule has 1 aliphatic heterocycles. The van der Waals surface area contributed by atoms with E-state index in [1.165, 1.54) is 17.7 Å². The first-order valence-corrected chi connectivity index (χ1v) is 7.10. The average Bonchev–Trinajstić information content (AvgIpc) is 2.85. The van der Waals surface area contributed by atoms with Crippen LogP contribution in [0.5, 0.6) is 0 Å². The molecule has 0 aromatic rings. The average molecular weight is 252 g/mol. The van der Waals surface area contributed by atoms with Crippen molar-refractivity contribution in [2.75, 3.05) is 0 Å². The Hall–Kier alpha value is -0.900. The molecule has 1 aliphatic carbocycles. The second-order valence-corrected chi connectivity index (χ2v) is 6.03. The fraction of sp³-hybridized carbons (Fsp3) is 0.857. The smallest absolute Gasteiger partial charge is 0.247 e. The van der Waals surface area contributed by atoms with Crippen LogP contribution in [0.15, 0.2) is 0 Å². The highest BCUT2D eigenvalue weighted by Crippen LogP contribution is 2.31. The predicted octanol–water partition coefficient (Wildman–Crippen LogP) is 1.83. The molecule has 2 fully saturated rings. The van der Waals surface area contributed by atoms with E-state index in [0.717, 1.165) is 19.3 Å². The van der Waals surface area contributed by atoms with Crippen LogP contribution < -0.4 is 5.32 Å². The maximum atomic E-state index is 12.3. The van der Waals surface area contributed by atoms with Crippen LogP contribution in [0.3, 0.4) is 0 Å². The first kappa shape index (κ1) is 13.5. The maximum absolute atomic E-state index is 12.3. The van der Waals surface area contributed by atoms with E-state index in [0.29, 0.717) is 6.42 Å². The third kappa shape index (κ3) is 2.44. The van der Waals surface area contributed by atoms with Crippen molar-refractivity contribution in [2.24, 2.45) is 0 Å². The van der Waals surface area contributed by atoms with Crippen LogP contribution in [0, 0.1) is 0 Å². The van der Waals surface area contributed by atoms with Gasteiger partial charge in [0.05, 0.1) is 12.5 Å². The molecule has 1 heterocycles. The molecule has 4 heteroatoms. The molecule has 2 unspecified atom stereocenters.